The normalized spacial score (nSPS) is 11.3. The molecule has 1 heterocycles. The number of aromatic amines is 1. The van der Waals surface area contributed by atoms with E-state index in [1.807, 2.05) is 100 Å². The number of H-pyrrole nitrogens is 1. The van der Waals surface area contributed by atoms with Gasteiger partial charge in [-0.2, -0.15) is 0 Å². The average molecular weight is 432 g/mol. The molecule has 0 atom stereocenters. The second-order valence-electron chi connectivity index (χ2n) is 8.89. The van der Waals surface area contributed by atoms with E-state index in [1.54, 1.807) is 0 Å². The highest BCUT2D eigenvalue weighted by molar-refractivity contribution is 6.17. The van der Waals surface area contributed by atoms with Gasteiger partial charge in [-0.15, -0.1) is 0 Å². The fraction of sp³-hybridized carbons (Fsp3) is 0.133. The van der Waals surface area contributed by atoms with Crippen LogP contribution < -0.4 is 0 Å². The zero-order valence-electron chi connectivity index (χ0n) is 19.2. The van der Waals surface area contributed by atoms with Gasteiger partial charge in [0.1, 0.15) is 0 Å². The lowest BCUT2D eigenvalue weighted by Gasteiger charge is -2.10. The molecule has 3 heteroatoms. The minimum absolute atomic E-state index is 0.00230. The largest absolute Gasteiger partial charge is 0.355 e. The Balaban J connectivity index is 1.63. The lowest BCUT2D eigenvalue weighted by Crippen LogP contribution is -2.06. The number of hydrogen-bond donors (Lipinski definition) is 1. The van der Waals surface area contributed by atoms with Gasteiger partial charge in [0.05, 0.1) is 0 Å². The van der Waals surface area contributed by atoms with Crippen LogP contribution in [0.15, 0.2) is 72.8 Å². The second kappa shape index (κ2) is 7.86. The van der Waals surface area contributed by atoms with Crippen molar-refractivity contribution in [2.75, 3.05) is 0 Å². The van der Waals surface area contributed by atoms with Crippen molar-refractivity contribution >= 4 is 33.4 Å². The van der Waals surface area contributed by atoms with Crippen LogP contribution in [0.4, 0.5) is 0 Å². The predicted octanol–water partition coefficient (Wildman–Crippen LogP) is 7.02. The van der Waals surface area contributed by atoms with Crippen LogP contribution in [0.1, 0.15) is 54.1 Å². The molecule has 0 bridgehead atoms. The fourth-order valence-corrected chi connectivity index (χ4v) is 4.85. The molecule has 0 aliphatic heterocycles. The third-order valence-electron chi connectivity index (χ3n) is 6.42. The number of carbonyl (C=O) groups excluding carboxylic acids is 2. The third kappa shape index (κ3) is 3.56. The fourth-order valence-electron chi connectivity index (χ4n) is 4.85. The van der Waals surface area contributed by atoms with E-state index in [0.717, 1.165) is 49.6 Å². The highest BCUT2D eigenvalue weighted by Gasteiger charge is 2.18. The maximum Gasteiger partial charge on any atom is 0.193 e. The third-order valence-corrected chi connectivity index (χ3v) is 6.42. The zero-order chi connectivity index (χ0) is 23.3. The Morgan fingerprint density at radius 3 is 1.73 bits per heavy atom. The molecule has 0 spiro atoms. The minimum atomic E-state index is 0.00230. The molecule has 0 aliphatic carbocycles. The summed E-state index contributed by atoms with van der Waals surface area (Å²) in [6, 6.07) is 23.2. The molecule has 1 aromatic heterocycles. The van der Waals surface area contributed by atoms with Crippen LogP contribution in [0, 0.1) is 27.7 Å². The Labute approximate surface area is 193 Å². The summed E-state index contributed by atoms with van der Waals surface area (Å²) in [4.78, 5) is 30.0. The highest BCUT2D eigenvalue weighted by Crippen LogP contribution is 2.30. The molecule has 4 aromatic carbocycles. The summed E-state index contributed by atoms with van der Waals surface area (Å²) < 4.78 is 0. The maximum absolute atomic E-state index is 13.4. The second-order valence-corrected chi connectivity index (χ2v) is 8.89. The minimum Gasteiger partial charge on any atom is -0.355 e. The summed E-state index contributed by atoms with van der Waals surface area (Å²) in [5, 5.41) is 1.88. The number of fused-ring (bicyclic) bond motifs is 3. The first-order chi connectivity index (χ1) is 15.8. The standard InChI is InChI=1S/C30H25NO2/c1-17-13-19(3)28(20(4)14-17)30(33)22-10-12-27-25(16-22)24-15-21(9-11-26(24)31-27)29(32)23-8-6-5-7-18(23)2/h5-16,31H,1-4H3. The van der Waals surface area contributed by atoms with Gasteiger partial charge in [-0.3, -0.25) is 9.59 Å². The van der Waals surface area contributed by atoms with E-state index < -0.39 is 0 Å². The molecular formula is C30H25NO2. The van der Waals surface area contributed by atoms with Crippen LogP contribution in [0.5, 0.6) is 0 Å². The average Bonchev–Trinajstić information content (AvgIpc) is 3.15. The van der Waals surface area contributed by atoms with Crippen LogP contribution in [0.25, 0.3) is 21.8 Å². The maximum atomic E-state index is 13.4. The smallest absolute Gasteiger partial charge is 0.193 e. The van der Waals surface area contributed by atoms with Gasteiger partial charge in [-0.25, -0.2) is 0 Å². The van der Waals surface area contributed by atoms with Gasteiger partial charge in [0.2, 0.25) is 0 Å². The topological polar surface area (TPSA) is 49.9 Å². The molecule has 0 saturated heterocycles. The molecule has 33 heavy (non-hydrogen) atoms. The van der Waals surface area contributed by atoms with Crippen LogP contribution >= 0.6 is 0 Å². The lowest BCUT2D eigenvalue weighted by atomic mass is 9.92. The van der Waals surface area contributed by atoms with E-state index in [1.165, 1.54) is 0 Å². The monoisotopic (exact) mass is 431 g/mol. The first-order valence-corrected chi connectivity index (χ1v) is 11.1. The highest BCUT2D eigenvalue weighted by atomic mass is 16.1. The number of carbonyl (C=O) groups is 2. The Morgan fingerprint density at radius 2 is 1.15 bits per heavy atom. The van der Waals surface area contributed by atoms with Crippen LogP contribution in [0.2, 0.25) is 0 Å². The Morgan fingerprint density at radius 1 is 0.606 bits per heavy atom. The van der Waals surface area contributed by atoms with Gasteiger partial charge in [0.15, 0.2) is 11.6 Å². The summed E-state index contributed by atoms with van der Waals surface area (Å²) in [6.07, 6.45) is 0. The molecule has 0 saturated carbocycles. The number of rotatable bonds is 4. The van der Waals surface area contributed by atoms with Crippen LogP contribution in [-0.2, 0) is 0 Å². The van der Waals surface area contributed by atoms with Crippen molar-refractivity contribution in [3.05, 3.63) is 117 Å². The van der Waals surface area contributed by atoms with Crippen LogP contribution in [0.3, 0.4) is 0 Å². The molecule has 0 unspecified atom stereocenters. The summed E-state index contributed by atoms with van der Waals surface area (Å²) in [5.74, 6) is 0.0240. The van der Waals surface area contributed by atoms with Crippen molar-refractivity contribution < 1.29 is 9.59 Å². The Bertz CT molecular complexity index is 1560. The number of benzene rings is 4. The van der Waals surface area contributed by atoms with Gasteiger partial charge in [-0.1, -0.05) is 42.0 Å². The summed E-state index contributed by atoms with van der Waals surface area (Å²) in [5.41, 5.74) is 8.72. The Hall–Kier alpha value is -3.98. The van der Waals surface area contributed by atoms with E-state index in [4.69, 9.17) is 0 Å². The van der Waals surface area contributed by atoms with Crippen molar-refractivity contribution in [2.24, 2.45) is 0 Å². The summed E-state index contributed by atoms with van der Waals surface area (Å²) in [6.45, 7) is 7.97. The van der Waals surface area contributed by atoms with Gasteiger partial charge < -0.3 is 4.98 Å². The van der Waals surface area contributed by atoms with Crippen molar-refractivity contribution in [2.45, 2.75) is 27.7 Å². The van der Waals surface area contributed by atoms with E-state index in [9.17, 15) is 9.59 Å². The molecular weight excluding hydrogens is 406 g/mol. The van der Waals surface area contributed by atoms with Crippen molar-refractivity contribution in [3.63, 3.8) is 0 Å². The molecule has 0 fully saturated rings. The van der Waals surface area contributed by atoms with E-state index in [2.05, 4.69) is 4.98 Å². The number of aryl methyl sites for hydroxylation is 4. The summed E-state index contributed by atoms with van der Waals surface area (Å²) in [7, 11) is 0. The van der Waals surface area contributed by atoms with E-state index in [-0.39, 0.29) is 11.6 Å². The van der Waals surface area contributed by atoms with E-state index in [0.29, 0.717) is 16.7 Å². The quantitative estimate of drug-likeness (QED) is 0.311. The SMILES string of the molecule is Cc1cc(C)c(C(=O)c2ccc3[nH]c4ccc(C(=O)c5ccccc5C)cc4c3c2)c(C)c1. The predicted molar refractivity (Wildman–Crippen MR) is 135 cm³/mol. The van der Waals surface area contributed by atoms with Crippen LogP contribution in [-0.4, -0.2) is 16.6 Å². The first kappa shape index (κ1) is 20.9. The van der Waals surface area contributed by atoms with Crippen molar-refractivity contribution in [1.29, 1.82) is 0 Å². The van der Waals surface area contributed by atoms with E-state index >= 15 is 0 Å². The molecule has 1 N–H and O–H groups in total. The van der Waals surface area contributed by atoms with Gasteiger partial charge >= 0.3 is 0 Å². The molecule has 0 amide bonds. The molecule has 0 radical (unpaired) electrons. The lowest BCUT2D eigenvalue weighted by molar-refractivity contribution is 0.103. The summed E-state index contributed by atoms with van der Waals surface area (Å²) >= 11 is 0. The number of hydrogen-bond acceptors (Lipinski definition) is 2. The number of ketones is 2. The number of nitrogens with one attached hydrogen (secondary N) is 1. The molecule has 5 aromatic rings. The zero-order valence-corrected chi connectivity index (χ0v) is 19.2. The first-order valence-electron chi connectivity index (χ1n) is 11.1. The Kier molecular flexibility index (Phi) is 4.98. The molecule has 162 valence electrons. The van der Waals surface area contributed by atoms with Gasteiger partial charge in [0.25, 0.3) is 0 Å². The molecule has 3 nitrogen and oxygen atoms in total. The molecule has 5 rings (SSSR count). The van der Waals surface area contributed by atoms with Crippen molar-refractivity contribution in [3.8, 4) is 0 Å². The van der Waals surface area contributed by atoms with Gasteiger partial charge in [0, 0.05) is 44.1 Å². The molecule has 0 aliphatic rings. The number of aromatic nitrogens is 1. The van der Waals surface area contributed by atoms with Gasteiger partial charge in [-0.05, 0) is 80.8 Å². The van der Waals surface area contributed by atoms with Crippen molar-refractivity contribution in [1.82, 2.24) is 4.98 Å².